The maximum atomic E-state index is 12.6. The Kier molecular flexibility index (Phi) is 7.86. The Morgan fingerprint density at radius 1 is 1.08 bits per heavy atom. The number of rotatable bonds is 6. The van der Waals surface area contributed by atoms with Crippen molar-refractivity contribution in [2.75, 3.05) is 23.7 Å². The highest BCUT2D eigenvalue weighted by molar-refractivity contribution is 5.95. The molecule has 3 aliphatic rings. The van der Waals surface area contributed by atoms with E-state index in [1.807, 2.05) is 75.8 Å². The number of carbonyl (C=O) groups excluding carboxylic acids is 2. The Bertz CT molecular complexity index is 1870. The lowest BCUT2D eigenvalue weighted by molar-refractivity contribution is 0.00941. The molecular weight excluding hydrogens is 610 g/mol. The van der Waals surface area contributed by atoms with Crippen LogP contribution in [0.3, 0.4) is 0 Å². The Morgan fingerprint density at radius 3 is 2.62 bits per heavy atom. The first kappa shape index (κ1) is 31.6. The molecule has 4 aromatic rings. The summed E-state index contributed by atoms with van der Waals surface area (Å²) in [4.78, 5) is 36.2. The lowest BCUT2D eigenvalue weighted by Crippen LogP contribution is -2.42. The van der Waals surface area contributed by atoms with Crippen LogP contribution >= 0.6 is 0 Å². The zero-order valence-electron chi connectivity index (χ0n) is 27.9. The van der Waals surface area contributed by atoms with Crippen molar-refractivity contribution in [3.63, 3.8) is 0 Å². The van der Waals surface area contributed by atoms with Crippen LogP contribution in [-0.4, -0.2) is 66.6 Å². The number of hydrogen-bond donors (Lipinski definition) is 3. The number of cyclic esters (lactones) is 1. The van der Waals surface area contributed by atoms with Crippen LogP contribution in [0.25, 0.3) is 11.1 Å². The largest absolute Gasteiger partial charge is 0.451 e. The molecule has 4 heterocycles. The average molecular weight is 652 g/mol. The maximum Gasteiger partial charge on any atom is 0.410 e. The molecule has 0 saturated carbocycles. The average Bonchev–Trinajstić information content (AvgIpc) is 3.71. The number of nitrogens with zero attached hydrogens (tertiary/aromatic N) is 5. The molecule has 2 aromatic heterocycles. The van der Waals surface area contributed by atoms with E-state index in [4.69, 9.17) is 19.6 Å². The second-order valence-corrected chi connectivity index (χ2v) is 14.2. The van der Waals surface area contributed by atoms with Gasteiger partial charge in [-0.25, -0.2) is 14.6 Å². The van der Waals surface area contributed by atoms with Crippen LogP contribution < -0.4 is 10.6 Å². The van der Waals surface area contributed by atoms with E-state index in [1.54, 1.807) is 29.4 Å². The molecule has 0 unspecified atom stereocenters. The number of nitrogens with one attached hydrogen (secondary N) is 2. The van der Waals surface area contributed by atoms with Gasteiger partial charge in [-0.2, -0.15) is 10.1 Å². The van der Waals surface area contributed by atoms with E-state index >= 15 is 0 Å². The number of likely N-dealkylation sites (tertiary alicyclic amines) is 1. The normalized spacial score (nSPS) is 20.2. The molecule has 12 heteroatoms. The van der Waals surface area contributed by atoms with Crippen LogP contribution in [0.5, 0.6) is 0 Å². The molecule has 2 atom stereocenters. The fourth-order valence-corrected chi connectivity index (χ4v) is 6.74. The molecule has 0 radical (unpaired) electrons. The minimum absolute atomic E-state index is 0.124. The molecular formula is C36H41N7O5. The van der Waals surface area contributed by atoms with Gasteiger partial charge in [-0.1, -0.05) is 24.3 Å². The number of hydrogen-bond acceptors (Lipinski definition) is 10. The molecule has 12 nitrogen and oxygen atoms in total. The molecule has 1 amide bonds. The van der Waals surface area contributed by atoms with E-state index in [9.17, 15) is 14.7 Å². The van der Waals surface area contributed by atoms with Crippen molar-refractivity contribution < 1.29 is 24.2 Å². The van der Waals surface area contributed by atoms with Crippen LogP contribution in [-0.2, 0) is 21.5 Å². The number of ether oxygens (including phenoxy) is 2. The summed E-state index contributed by atoms with van der Waals surface area (Å²) in [5.74, 6) is 0.567. The van der Waals surface area contributed by atoms with Gasteiger partial charge in [0.2, 0.25) is 5.95 Å². The second kappa shape index (κ2) is 11.9. The summed E-state index contributed by atoms with van der Waals surface area (Å²) in [5, 5.41) is 22.6. The second-order valence-electron chi connectivity index (χ2n) is 14.2. The summed E-state index contributed by atoms with van der Waals surface area (Å²) in [6.45, 7) is 10.5. The Morgan fingerprint density at radius 2 is 1.85 bits per heavy atom. The van der Waals surface area contributed by atoms with Crippen molar-refractivity contribution >= 4 is 29.5 Å². The summed E-state index contributed by atoms with van der Waals surface area (Å²) < 4.78 is 13.0. The fourth-order valence-electron chi connectivity index (χ4n) is 6.74. The third-order valence-electron chi connectivity index (χ3n) is 9.18. The first-order chi connectivity index (χ1) is 22.8. The number of fused-ring (bicyclic) bond motifs is 2. The van der Waals surface area contributed by atoms with E-state index < -0.39 is 17.3 Å². The van der Waals surface area contributed by atoms with E-state index in [2.05, 4.69) is 15.6 Å². The third-order valence-corrected chi connectivity index (χ3v) is 9.18. The van der Waals surface area contributed by atoms with Gasteiger partial charge in [0.25, 0.3) is 0 Å². The van der Waals surface area contributed by atoms with Gasteiger partial charge in [0, 0.05) is 54.3 Å². The van der Waals surface area contributed by atoms with Crippen molar-refractivity contribution in [3.8, 4) is 11.1 Å². The van der Waals surface area contributed by atoms with Gasteiger partial charge in [0.15, 0.2) is 0 Å². The fraction of sp³-hybridized carbons (Fsp3) is 0.417. The molecule has 48 heavy (non-hydrogen) atoms. The van der Waals surface area contributed by atoms with Crippen LogP contribution in [0.1, 0.15) is 86.6 Å². The van der Waals surface area contributed by atoms with Gasteiger partial charge in [-0.05, 0) is 76.8 Å². The predicted molar refractivity (Wildman–Crippen MR) is 180 cm³/mol. The zero-order chi connectivity index (χ0) is 33.8. The van der Waals surface area contributed by atoms with Gasteiger partial charge in [0.1, 0.15) is 17.0 Å². The first-order valence-corrected chi connectivity index (χ1v) is 16.4. The number of benzene rings is 2. The minimum atomic E-state index is -0.736. The Hall–Kier alpha value is -4.97. The third kappa shape index (κ3) is 6.19. The van der Waals surface area contributed by atoms with E-state index in [-0.39, 0.29) is 24.1 Å². The summed E-state index contributed by atoms with van der Waals surface area (Å²) in [5.41, 5.74) is 4.48. The lowest BCUT2D eigenvalue weighted by atomic mass is 9.95. The molecule has 2 aliphatic heterocycles. The van der Waals surface area contributed by atoms with E-state index in [1.165, 1.54) is 0 Å². The summed E-state index contributed by atoms with van der Waals surface area (Å²) in [6, 6.07) is 13.2. The zero-order valence-corrected chi connectivity index (χ0v) is 27.9. The highest BCUT2D eigenvalue weighted by Crippen LogP contribution is 2.39. The van der Waals surface area contributed by atoms with Crippen molar-refractivity contribution in [1.29, 1.82) is 0 Å². The summed E-state index contributed by atoms with van der Waals surface area (Å²) in [6.07, 6.45) is 6.68. The van der Waals surface area contributed by atoms with Gasteiger partial charge in [0.05, 0.1) is 29.9 Å². The monoisotopic (exact) mass is 651 g/mol. The molecule has 2 aromatic carbocycles. The smallest absolute Gasteiger partial charge is 0.410 e. The maximum absolute atomic E-state index is 12.6. The minimum Gasteiger partial charge on any atom is -0.451 e. The van der Waals surface area contributed by atoms with Gasteiger partial charge < -0.3 is 30.1 Å². The molecule has 1 aliphatic carbocycles. The number of aromatic nitrogens is 4. The molecule has 3 N–H and O–H groups in total. The highest BCUT2D eigenvalue weighted by Gasteiger charge is 2.38. The number of piperidine rings is 1. The molecule has 0 bridgehead atoms. The molecule has 7 rings (SSSR count). The standard InChI is InChI=1S/C36H41N7O5/c1-35(2,3)48-34(46)42-14-12-24(13-15-42)43-20-22(18-38-43)27-19-37-33(39-23-10-11-26-28(17-23)36(4,5)47-32(26)45)41-31(27)40-30-25-9-7-6-8-21(25)16-29(30)44/h6-11,17-20,24,29-30,44H,12-16H2,1-5H3,(H2,37,39,40,41)/t29-,30+/m1/s1. The Balaban J connectivity index is 1.15. The number of carbonyl (C=O) groups is 2. The lowest BCUT2D eigenvalue weighted by Gasteiger charge is -2.33. The van der Waals surface area contributed by atoms with Gasteiger partial charge in [-0.15, -0.1) is 0 Å². The molecule has 0 spiro atoms. The van der Waals surface area contributed by atoms with Gasteiger partial charge >= 0.3 is 12.1 Å². The van der Waals surface area contributed by atoms with E-state index in [0.717, 1.165) is 46.3 Å². The molecule has 250 valence electrons. The summed E-state index contributed by atoms with van der Waals surface area (Å²) >= 11 is 0. The van der Waals surface area contributed by atoms with Crippen molar-refractivity contribution in [3.05, 3.63) is 83.3 Å². The Labute approximate surface area is 279 Å². The molecule has 1 fully saturated rings. The van der Waals surface area contributed by atoms with Crippen LogP contribution in [0.2, 0.25) is 0 Å². The topological polar surface area (TPSA) is 144 Å². The van der Waals surface area contributed by atoms with Crippen LogP contribution in [0, 0.1) is 0 Å². The number of esters is 1. The number of anilines is 3. The highest BCUT2D eigenvalue weighted by atomic mass is 16.6. The SMILES string of the molecule is CC(C)(C)OC(=O)N1CCC(n2cc(-c3cnc(Nc4ccc5c(c4)C(C)(C)OC5=O)nc3N[C@H]3c4ccccc4C[C@H]3O)cn2)CC1. The van der Waals surface area contributed by atoms with Crippen molar-refractivity contribution in [1.82, 2.24) is 24.6 Å². The quantitative estimate of drug-likeness (QED) is 0.208. The van der Waals surface area contributed by atoms with Gasteiger partial charge in [-0.3, -0.25) is 4.68 Å². The first-order valence-electron chi connectivity index (χ1n) is 16.4. The number of amides is 1. The summed E-state index contributed by atoms with van der Waals surface area (Å²) in [7, 11) is 0. The molecule has 1 saturated heterocycles. The number of aliphatic hydroxyl groups is 1. The number of aliphatic hydroxyl groups excluding tert-OH is 1. The van der Waals surface area contributed by atoms with Crippen molar-refractivity contribution in [2.24, 2.45) is 0 Å². The van der Waals surface area contributed by atoms with Crippen LogP contribution in [0.15, 0.2) is 61.1 Å². The predicted octanol–water partition coefficient (Wildman–Crippen LogP) is 6.13. The van der Waals surface area contributed by atoms with Crippen LogP contribution in [0.4, 0.5) is 22.2 Å². The van der Waals surface area contributed by atoms with Crippen molar-refractivity contribution in [2.45, 2.75) is 83.3 Å². The van der Waals surface area contributed by atoms with E-state index in [0.29, 0.717) is 36.8 Å².